The van der Waals surface area contributed by atoms with E-state index in [1.165, 1.54) is 6.42 Å². The molecule has 2 heterocycles. The van der Waals surface area contributed by atoms with Crippen LogP contribution >= 0.6 is 0 Å². The summed E-state index contributed by atoms with van der Waals surface area (Å²) in [4.78, 5) is 22.6. The van der Waals surface area contributed by atoms with Crippen molar-refractivity contribution in [3.8, 4) is 0 Å². The number of nitrogens with one attached hydrogen (secondary N) is 1. The molecular weight excluding hydrogens is 302 g/mol. The van der Waals surface area contributed by atoms with Crippen molar-refractivity contribution in [3.63, 3.8) is 0 Å². The van der Waals surface area contributed by atoms with Crippen LogP contribution in [0.3, 0.4) is 0 Å². The van der Waals surface area contributed by atoms with Crippen LogP contribution in [0.4, 0.5) is 0 Å². The van der Waals surface area contributed by atoms with Crippen molar-refractivity contribution in [2.24, 2.45) is 5.92 Å². The maximum absolute atomic E-state index is 13.0. The van der Waals surface area contributed by atoms with Crippen molar-refractivity contribution < 1.29 is 9.53 Å². The standard InChI is InChI=1S/C19H27N3O2/c1-13(2)6-4-7-15-12-22(10-11-24-15)19(23)16-8-5-9-17-18(16)21-14(3)20-17/h5,8-9,13,15H,4,6-7,10-12H2,1-3H3,(H,20,21)/t15-/m1/s1. The molecule has 1 amide bonds. The topological polar surface area (TPSA) is 58.2 Å². The molecule has 0 aliphatic carbocycles. The number of nitrogens with zero attached hydrogens (tertiary/aromatic N) is 2. The fourth-order valence-corrected chi connectivity index (χ4v) is 3.33. The number of amides is 1. The fraction of sp³-hybridized carbons (Fsp3) is 0.579. The van der Waals surface area contributed by atoms with Gasteiger partial charge in [-0.3, -0.25) is 4.79 Å². The summed E-state index contributed by atoms with van der Waals surface area (Å²) in [5, 5.41) is 0. The molecule has 1 saturated heterocycles. The third kappa shape index (κ3) is 3.78. The highest BCUT2D eigenvalue weighted by molar-refractivity contribution is 6.04. The quantitative estimate of drug-likeness (QED) is 0.913. The maximum Gasteiger partial charge on any atom is 0.256 e. The Morgan fingerprint density at radius 2 is 2.29 bits per heavy atom. The van der Waals surface area contributed by atoms with E-state index in [-0.39, 0.29) is 12.0 Å². The molecule has 5 heteroatoms. The predicted molar refractivity (Wildman–Crippen MR) is 95.2 cm³/mol. The highest BCUT2D eigenvalue weighted by Gasteiger charge is 2.26. The van der Waals surface area contributed by atoms with Crippen molar-refractivity contribution in [3.05, 3.63) is 29.6 Å². The normalized spacial score (nSPS) is 18.5. The molecule has 1 atom stereocenters. The molecule has 0 bridgehead atoms. The van der Waals surface area contributed by atoms with Gasteiger partial charge < -0.3 is 14.6 Å². The largest absolute Gasteiger partial charge is 0.375 e. The Hall–Kier alpha value is -1.88. The Kier molecular flexibility index (Phi) is 5.19. The number of morpholine rings is 1. The number of para-hydroxylation sites is 1. The summed E-state index contributed by atoms with van der Waals surface area (Å²) in [6.45, 7) is 8.34. The van der Waals surface area contributed by atoms with Crippen LogP contribution in [0.15, 0.2) is 18.2 Å². The molecule has 0 saturated carbocycles. The SMILES string of the molecule is Cc1nc2c(C(=O)N3CCO[C@H](CCCC(C)C)C3)cccc2[nH]1. The molecule has 1 aromatic heterocycles. The first-order chi connectivity index (χ1) is 11.5. The van der Waals surface area contributed by atoms with E-state index < -0.39 is 0 Å². The summed E-state index contributed by atoms with van der Waals surface area (Å²) < 4.78 is 5.85. The van der Waals surface area contributed by atoms with Gasteiger partial charge in [-0.05, 0) is 31.4 Å². The van der Waals surface area contributed by atoms with Crippen LogP contribution < -0.4 is 0 Å². The Labute approximate surface area is 143 Å². The first kappa shape index (κ1) is 17.0. The van der Waals surface area contributed by atoms with Crippen LogP contribution in [0.2, 0.25) is 0 Å². The summed E-state index contributed by atoms with van der Waals surface area (Å²) >= 11 is 0. The van der Waals surface area contributed by atoms with Gasteiger partial charge in [0.2, 0.25) is 0 Å². The van der Waals surface area contributed by atoms with E-state index >= 15 is 0 Å². The van der Waals surface area contributed by atoms with Gasteiger partial charge in [-0.15, -0.1) is 0 Å². The number of H-pyrrole nitrogens is 1. The maximum atomic E-state index is 13.0. The van der Waals surface area contributed by atoms with Crippen molar-refractivity contribution in [1.29, 1.82) is 0 Å². The van der Waals surface area contributed by atoms with Gasteiger partial charge in [-0.2, -0.15) is 0 Å². The smallest absolute Gasteiger partial charge is 0.256 e. The molecule has 1 N–H and O–H groups in total. The summed E-state index contributed by atoms with van der Waals surface area (Å²) in [6, 6.07) is 5.74. The van der Waals surface area contributed by atoms with Crippen molar-refractivity contribution in [2.45, 2.75) is 46.1 Å². The van der Waals surface area contributed by atoms with Crippen molar-refractivity contribution >= 4 is 16.9 Å². The van der Waals surface area contributed by atoms with Gasteiger partial charge in [0, 0.05) is 13.1 Å². The van der Waals surface area contributed by atoms with E-state index in [4.69, 9.17) is 4.74 Å². The zero-order valence-corrected chi connectivity index (χ0v) is 14.8. The van der Waals surface area contributed by atoms with Gasteiger partial charge in [0.05, 0.1) is 23.8 Å². The minimum atomic E-state index is 0.0595. The number of hydrogen-bond donors (Lipinski definition) is 1. The summed E-state index contributed by atoms with van der Waals surface area (Å²) in [6.07, 6.45) is 3.54. The van der Waals surface area contributed by atoms with Crippen LogP contribution in [0.25, 0.3) is 11.0 Å². The lowest BCUT2D eigenvalue weighted by molar-refractivity contribution is -0.0259. The van der Waals surface area contributed by atoms with Gasteiger partial charge in [0.25, 0.3) is 5.91 Å². The molecule has 0 unspecified atom stereocenters. The first-order valence-corrected chi connectivity index (χ1v) is 8.91. The third-order valence-corrected chi connectivity index (χ3v) is 4.60. The molecule has 1 aliphatic rings. The number of rotatable bonds is 5. The third-order valence-electron chi connectivity index (χ3n) is 4.60. The van der Waals surface area contributed by atoms with Crippen LogP contribution in [0.5, 0.6) is 0 Å². The van der Waals surface area contributed by atoms with Gasteiger partial charge in [0.1, 0.15) is 11.3 Å². The first-order valence-electron chi connectivity index (χ1n) is 8.91. The number of aromatic nitrogens is 2. The van der Waals surface area contributed by atoms with Crippen LogP contribution in [0, 0.1) is 12.8 Å². The van der Waals surface area contributed by atoms with E-state index in [1.807, 2.05) is 30.0 Å². The van der Waals surface area contributed by atoms with Gasteiger partial charge in [-0.1, -0.05) is 32.8 Å². The number of fused-ring (bicyclic) bond motifs is 1. The lowest BCUT2D eigenvalue weighted by atomic mass is 10.0. The van der Waals surface area contributed by atoms with Gasteiger partial charge >= 0.3 is 0 Å². The Balaban J connectivity index is 1.69. The molecule has 0 radical (unpaired) electrons. The molecule has 0 spiro atoms. The Bertz CT molecular complexity index is 708. The fourth-order valence-electron chi connectivity index (χ4n) is 3.33. The summed E-state index contributed by atoms with van der Waals surface area (Å²) in [5.41, 5.74) is 2.36. The van der Waals surface area contributed by atoms with E-state index in [0.29, 0.717) is 31.2 Å². The molecule has 5 nitrogen and oxygen atoms in total. The molecule has 3 rings (SSSR count). The van der Waals surface area contributed by atoms with E-state index in [2.05, 4.69) is 23.8 Å². The van der Waals surface area contributed by atoms with Crippen molar-refractivity contribution in [1.82, 2.24) is 14.9 Å². The van der Waals surface area contributed by atoms with E-state index in [9.17, 15) is 4.79 Å². The number of carbonyl (C=O) groups excluding carboxylic acids is 1. The molecule has 2 aromatic rings. The summed E-state index contributed by atoms with van der Waals surface area (Å²) in [5.74, 6) is 1.61. The Morgan fingerprint density at radius 1 is 1.46 bits per heavy atom. The van der Waals surface area contributed by atoms with Gasteiger partial charge in [-0.25, -0.2) is 4.98 Å². The van der Waals surface area contributed by atoms with Crippen molar-refractivity contribution in [2.75, 3.05) is 19.7 Å². The molecule has 130 valence electrons. The van der Waals surface area contributed by atoms with E-state index in [1.54, 1.807) is 0 Å². The zero-order chi connectivity index (χ0) is 17.1. The molecule has 1 aliphatic heterocycles. The predicted octanol–water partition coefficient (Wildman–Crippen LogP) is 3.54. The monoisotopic (exact) mass is 329 g/mol. The minimum Gasteiger partial charge on any atom is -0.375 e. The number of aryl methyl sites for hydroxylation is 1. The Morgan fingerprint density at radius 3 is 3.08 bits per heavy atom. The number of hydrogen-bond acceptors (Lipinski definition) is 3. The average molecular weight is 329 g/mol. The highest BCUT2D eigenvalue weighted by atomic mass is 16.5. The number of aromatic amines is 1. The number of ether oxygens (including phenoxy) is 1. The second kappa shape index (κ2) is 7.34. The lowest BCUT2D eigenvalue weighted by Crippen LogP contribution is -2.45. The molecular formula is C19H27N3O2. The molecule has 1 fully saturated rings. The number of benzene rings is 1. The van der Waals surface area contributed by atoms with Crippen LogP contribution in [0.1, 0.15) is 49.3 Å². The summed E-state index contributed by atoms with van der Waals surface area (Å²) in [7, 11) is 0. The number of imidazole rings is 1. The minimum absolute atomic E-state index is 0.0595. The second-order valence-electron chi connectivity index (χ2n) is 7.09. The van der Waals surface area contributed by atoms with Crippen LogP contribution in [-0.4, -0.2) is 46.6 Å². The highest BCUT2D eigenvalue weighted by Crippen LogP contribution is 2.21. The van der Waals surface area contributed by atoms with E-state index in [0.717, 1.165) is 29.7 Å². The van der Waals surface area contributed by atoms with Gasteiger partial charge in [0.15, 0.2) is 0 Å². The molecule has 24 heavy (non-hydrogen) atoms. The second-order valence-corrected chi connectivity index (χ2v) is 7.09. The zero-order valence-electron chi connectivity index (χ0n) is 14.8. The van der Waals surface area contributed by atoms with Crippen LogP contribution in [-0.2, 0) is 4.74 Å². The average Bonchev–Trinajstić information content (AvgIpc) is 2.94. The lowest BCUT2D eigenvalue weighted by Gasteiger charge is -2.33. The number of carbonyl (C=O) groups is 1. The molecule has 1 aromatic carbocycles.